The summed E-state index contributed by atoms with van der Waals surface area (Å²) in [6, 6.07) is 21.3. The molecule has 9 heteroatoms. The van der Waals surface area contributed by atoms with E-state index >= 15 is 0 Å². The number of aromatic nitrogens is 2. The maximum atomic E-state index is 12.5. The molecule has 0 aliphatic rings. The van der Waals surface area contributed by atoms with Gasteiger partial charge in [0.25, 0.3) is 11.5 Å². The molecule has 3 aromatic carbocycles. The molecule has 0 saturated heterocycles. The second kappa shape index (κ2) is 10.7. The quantitative estimate of drug-likeness (QED) is 0.332. The molecule has 0 atom stereocenters. The van der Waals surface area contributed by atoms with Crippen LogP contribution in [0.2, 0.25) is 0 Å². The van der Waals surface area contributed by atoms with E-state index in [1.807, 2.05) is 18.2 Å². The number of benzene rings is 3. The second-order valence-electron chi connectivity index (χ2n) is 7.36. The topological polar surface area (TPSA) is 117 Å². The molecule has 174 valence electrons. The Morgan fingerprint density at radius 2 is 1.94 bits per heavy atom. The summed E-state index contributed by atoms with van der Waals surface area (Å²) in [4.78, 5) is 31.7. The van der Waals surface area contributed by atoms with Crippen molar-refractivity contribution in [2.75, 3.05) is 19.0 Å². The molecule has 0 aliphatic heterocycles. The van der Waals surface area contributed by atoms with E-state index in [2.05, 4.69) is 37.3 Å². The number of halogens is 1. The summed E-state index contributed by atoms with van der Waals surface area (Å²) < 4.78 is 11.8. The lowest BCUT2D eigenvalue weighted by molar-refractivity contribution is -0.118. The predicted octanol–water partition coefficient (Wildman–Crippen LogP) is 4.78. The van der Waals surface area contributed by atoms with Gasteiger partial charge in [0, 0.05) is 10.2 Å². The Morgan fingerprint density at radius 3 is 2.69 bits per heavy atom. The van der Waals surface area contributed by atoms with Gasteiger partial charge in [-0.25, -0.2) is 4.98 Å². The lowest BCUT2D eigenvalue weighted by atomic mass is 10.1. The van der Waals surface area contributed by atoms with E-state index < -0.39 is 0 Å². The molecule has 0 saturated carbocycles. The van der Waals surface area contributed by atoms with Gasteiger partial charge in [-0.2, -0.15) is 5.26 Å². The van der Waals surface area contributed by atoms with Gasteiger partial charge >= 0.3 is 0 Å². The van der Waals surface area contributed by atoms with Gasteiger partial charge in [0.05, 0.1) is 23.6 Å². The molecule has 0 spiro atoms. The lowest BCUT2D eigenvalue weighted by Gasteiger charge is -2.12. The number of rotatable bonds is 7. The van der Waals surface area contributed by atoms with Crippen molar-refractivity contribution in [3.63, 3.8) is 0 Å². The summed E-state index contributed by atoms with van der Waals surface area (Å²) in [5, 5.41) is 12.9. The first-order valence-corrected chi connectivity index (χ1v) is 11.2. The Morgan fingerprint density at radius 1 is 1.14 bits per heavy atom. The number of hydrogen-bond donors (Lipinski definition) is 2. The third-order valence-corrected chi connectivity index (χ3v) is 5.45. The zero-order valence-corrected chi connectivity index (χ0v) is 20.1. The van der Waals surface area contributed by atoms with Crippen molar-refractivity contribution in [1.82, 2.24) is 9.97 Å². The third kappa shape index (κ3) is 5.75. The molecule has 0 fully saturated rings. The number of carbonyl (C=O) groups is 1. The van der Waals surface area contributed by atoms with E-state index in [4.69, 9.17) is 9.47 Å². The average molecular weight is 531 g/mol. The third-order valence-electron chi connectivity index (χ3n) is 4.96. The second-order valence-corrected chi connectivity index (χ2v) is 8.27. The van der Waals surface area contributed by atoms with Gasteiger partial charge in [-0.3, -0.25) is 9.59 Å². The van der Waals surface area contributed by atoms with Crippen LogP contribution in [0.25, 0.3) is 22.6 Å². The normalized spacial score (nSPS) is 11.1. The largest absolute Gasteiger partial charge is 0.493 e. The molecule has 4 rings (SSSR count). The predicted molar refractivity (Wildman–Crippen MR) is 137 cm³/mol. The van der Waals surface area contributed by atoms with Crippen LogP contribution >= 0.6 is 15.9 Å². The summed E-state index contributed by atoms with van der Waals surface area (Å²) in [5.74, 6) is 0.596. The first-order valence-electron chi connectivity index (χ1n) is 10.4. The number of carbonyl (C=O) groups excluding carboxylic acids is 1. The van der Waals surface area contributed by atoms with Crippen LogP contribution in [0.5, 0.6) is 11.5 Å². The van der Waals surface area contributed by atoms with Crippen LogP contribution in [0.3, 0.4) is 0 Å². The van der Waals surface area contributed by atoms with E-state index in [1.165, 1.54) is 7.11 Å². The van der Waals surface area contributed by atoms with E-state index in [-0.39, 0.29) is 29.5 Å². The van der Waals surface area contributed by atoms with Gasteiger partial charge in [0.2, 0.25) is 0 Å². The van der Waals surface area contributed by atoms with Crippen molar-refractivity contribution in [1.29, 1.82) is 5.26 Å². The molecule has 1 heterocycles. The van der Waals surface area contributed by atoms with Gasteiger partial charge in [0.1, 0.15) is 6.07 Å². The van der Waals surface area contributed by atoms with Crippen molar-refractivity contribution < 1.29 is 14.3 Å². The van der Waals surface area contributed by atoms with Gasteiger partial charge in [-0.05, 0) is 54.1 Å². The highest BCUT2D eigenvalue weighted by molar-refractivity contribution is 9.10. The summed E-state index contributed by atoms with van der Waals surface area (Å²) in [7, 11) is 1.48. The maximum absolute atomic E-state index is 12.5. The van der Waals surface area contributed by atoms with Gasteiger partial charge < -0.3 is 19.8 Å². The average Bonchev–Trinajstić information content (AvgIpc) is 2.87. The molecule has 0 radical (unpaired) electrons. The number of methoxy groups -OCH3 is 1. The first-order chi connectivity index (χ1) is 17.0. The summed E-state index contributed by atoms with van der Waals surface area (Å²) in [6.45, 7) is -0.206. The molecular formula is C26H19BrN4O4. The number of hydrogen-bond acceptors (Lipinski definition) is 6. The van der Waals surface area contributed by atoms with Crippen molar-refractivity contribution in [2.45, 2.75) is 0 Å². The van der Waals surface area contributed by atoms with Gasteiger partial charge in [-0.1, -0.05) is 40.2 Å². The van der Waals surface area contributed by atoms with E-state index in [1.54, 1.807) is 54.6 Å². The van der Waals surface area contributed by atoms with Crippen LogP contribution in [-0.4, -0.2) is 29.6 Å². The monoisotopic (exact) mass is 530 g/mol. The van der Waals surface area contributed by atoms with Gasteiger partial charge in [-0.15, -0.1) is 0 Å². The SMILES string of the molecule is COc1cc(C=C(C#N)c2nc3ccc(Br)cc3c(=O)[nH]2)ccc1OCC(=O)Nc1ccccc1. The molecule has 2 N–H and O–H groups in total. The number of aromatic amines is 1. The fraction of sp³-hybridized carbons (Fsp3) is 0.0769. The Balaban J connectivity index is 1.55. The van der Waals surface area contributed by atoms with Crippen molar-refractivity contribution in [3.05, 3.63) is 92.9 Å². The highest BCUT2D eigenvalue weighted by atomic mass is 79.9. The Bertz CT molecular complexity index is 1520. The van der Waals surface area contributed by atoms with E-state index in [0.717, 1.165) is 4.47 Å². The minimum absolute atomic E-state index is 0.157. The lowest BCUT2D eigenvalue weighted by Crippen LogP contribution is -2.20. The molecule has 1 amide bonds. The first kappa shape index (κ1) is 23.7. The molecule has 8 nitrogen and oxygen atoms in total. The molecule has 1 aromatic heterocycles. The van der Waals surface area contributed by atoms with Crippen LogP contribution in [0, 0.1) is 11.3 Å². The van der Waals surface area contributed by atoms with Crippen molar-refractivity contribution in [3.8, 4) is 17.6 Å². The number of anilines is 1. The number of para-hydroxylation sites is 1. The highest BCUT2D eigenvalue weighted by Gasteiger charge is 2.12. The number of fused-ring (bicyclic) bond motifs is 1. The van der Waals surface area contributed by atoms with Gasteiger partial charge in [0.15, 0.2) is 23.9 Å². The van der Waals surface area contributed by atoms with Crippen LogP contribution in [0.4, 0.5) is 5.69 Å². The summed E-state index contributed by atoms with van der Waals surface area (Å²) >= 11 is 3.34. The van der Waals surface area contributed by atoms with Crippen molar-refractivity contribution in [2.24, 2.45) is 0 Å². The Hall–Kier alpha value is -4.42. The number of nitriles is 1. The molecule has 0 unspecified atom stereocenters. The van der Waals surface area contributed by atoms with E-state index in [0.29, 0.717) is 33.7 Å². The number of H-pyrrole nitrogens is 1. The Labute approximate surface area is 209 Å². The standard InChI is InChI=1S/C26H19BrN4O4/c1-34-23-12-16(7-10-22(23)35-15-24(32)29-19-5-3-2-4-6-19)11-17(14-28)25-30-21-9-8-18(27)13-20(21)26(33)31-25/h2-13H,15H2,1H3,(H,29,32)(H,30,31,33). The van der Waals surface area contributed by atoms with Crippen LogP contribution < -0.4 is 20.3 Å². The number of allylic oxidation sites excluding steroid dienone is 1. The number of nitrogens with one attached hydrogen (secondary N) is 2. The van der Waals surface area contributed by atoms with Crippen LogP contribution in [-0.2, 0) is 4.79 Å². The Kier molecular flexibility index (Phi) is 7.24. The minimum Gasteiger partial charge on any atom is -0.493 e. The smallest absolute Gasteiger partial charge is 0.262 e. The molecule has 35 heavy (non-hydrogen) atoms. The molecule has 4 aromatic rings. The molecule has 0 aliphatic carbocycles. The van der Waals surface area contributed by atoms with Crippen molar-refractivity contribution >= 4 is 50.1 Å². The summed E-state index contributed by atoms with van der Waals surface area (Å²) in [6.07, 6.45) is 1.58. The summed E-state index contributed by atoms with van der Waals surface area (Å²) in [5.41, 5.74) is 1.60. The van der Waals surface area contributed by atoms with Crippen LogP contribution in [0.1, 0.15) is 11.4 Å². The highest BCUT2D eigenvalue weighted by Crippen LogP contribution is 2.29. The zero-order valence-electron chi connectivity index (χ0n) is 18.5. The maximum Gasteiger partial charge on any atom is 0.262 e. The zero-order chi connectivity index (χ0) is 24.8. The number of ether oxygens (including phenoxy) is 2. The van der Waals surface area contributed by atoms with Crippen LogP contribution in [0.15, 0.2) is 76.0 Å². The number of nitrogens with zero attached hydrogens (tertiary/aromatic N) is 2. The fourth-order valence-corrected chi connectivity index (χ4v) is 3.67. The minimum atomic E-state index is -0.345. The fourth-order valence-electron chi connectivity index (χ4n) is 3.31. The van der Waals surface area contributed by atoms with E-state index in [9.17, 15) is 14.9 Å². The molecular weight excluding hydrogens is 512 g/mol. The molecule has 0 bridgehead atoms. The number of amides is 1.